The summed E-state index contributed by atoms with van der Waals surface area (Å²) in [4.78, 5) is 33.8. The van der Waals surface area contributed by atoms with Crippen molar-refractivity contribution in [2.45, 2.75) is 104 Å². The van der Waals surface area contributed by atoms with Crippen molar-refractivity contribution in [3.8, 4) is 5.88 Å². The van der Waals surface area contributed by atoms with Crippen LogP contribution < -0.4 is 4.74 Å². The summed E-state index contributed by atoms with van der Waals surface area (Å²) in [7, 11) is 0. The molecule has 178 valence electrons. The molecule has 1 heterocycles. The third-order valence-corrected chi connectivity index (χ3v) is 5.53. The van der Waals surface area contributed by atoms with Crippen molar-refractivity contribution in [2.24, 2.45) is 0 Å². The van der Waals surface area contributed by atoms with Crippen molar-refractivity contribution in [1.82, 2.24) is 9.88 Å². The average Bonchev–Trinajstić information content (AvgIpc) is 2.80. The van der Waals surface area contributed by atoms with Gasteiger partial charge in [0.25, 0.3) is 11.7 Å². The zero-order valence-electron chi connectivity index (χ0n) is 20.3. The molecule has 0 radical (unpaired) electrons. The molecule has 32 heavy (non-hydrogen) atoms. The first kappa shape index (κ1) is 27.6. The van der Waals surface area contributed by atoms with Crippen LogP contribution in [0.25, 0.3) is 4.85 Å². The van der Waals surface area contributed by atoms with Crippen LogP contribution in [0.4, 0.5) is 0 Å². The number of hydrogen-bond acceptors (Lipinski definition) is 4. The van der Waals surface area contributed by atoms with Gasteiger partial charge in [-0.1, -0.05) is 78.1 Å². The lowest BCUT2D eigenvalue weighted by Gasteiger charge is -2.23. The molecule has 0 saturated carbocycles. The van der Waals surface area contributed by atoms with E-state index >= 15 is 0 Å². The number of pyridine rings is 1. The summed E-state index contributed by atoms with van der Waals surface area (Å²) in [5.41, 5.74) is 0.511. The fourth-order valence-corrected chi connectivity index (χ4v) is 3.55. The highest BCUT2D eigenvalue weighted by Gasteiger charge is 2.22. The van der Waals surface area contributed by atoms with E-state index in [4.69, 9.17) is 11.3 Å². The molecule has 0 aliphatic heterocycles. The van der Waals surface area contributed by atoms with E-state index in [-0.39, 0.29) is 17.6 Å². The van der Waals surface area contributed by atoms with Gasteiger partial charge in [-0.3, -0.25) is 14.4 Å². The first-order chi connectivity index (χ1) is 15.5. The van der Waals surface area contributed by atoms with E-state index in [9.17, 15) is 9.59 Å². The lowest BCUT2D eigenvalue weighted by atomic mass is 10.1. The standard InChI is InChI=1S/C26H41N3O3/c1-5-7-9-11-13-15-19-29(20-16-14-12-10-8-6-2)26(31)23-17-18-24(28-21-23)32-25(27-4)22(3)30/h17-18,21,25H,5-16,19-20H2,1-3H3. The van der Waals surface area contributed by atoms with Crippen molar-refractivity contribution in [3.63, 3.8) is 0 Å². The van der Waals surface area contributed by atoms with Gasteiger partial charge in [-0.15, -0.1) is 0 Å². The largest absolute Gasteiger partial charge is 0.427 e. The van der Waals surface area contributed by atoms with Gasteiger partial charge in [0.15, 0.2) is 0 Å². The summed E-state index contributed by atoms with van der Waals surface area (Å²) < 4.78 is 5.30. The minimum Gasteiger partial charge on any atom is -0.400 e. The Morgan fingerprint density at radius 1 is 0.938 bits per heavy atom. The number of amides is 1. The van der Waals surface area contributed by atoms with E-state index in [0.717, 1.165) is 38.8 Å². The number of Topliss-reactive ketones (excluding diaryl/α,β-unsaturated/α-hetero) is 1. The van der Waals surface area contributed by atoms with Crippen LogP contribution >= 0.6 is 0 Å². The van der Waals surface area contributed by atoms with E-state index in [2.05, 4.69) is 23.7 Å². The highest BCUT2D eigenvalue weighted by Crippen LogP contribution is 2.15. The molecule has 0 N–H and O–H groups in total. The number of ether oxygens (including phenoxy) is 1. The quantitative estimate of drug-likeness (QED) is 0.193. The predicted molar refractivity (Wildman–Crippen MR) is 129 cm³/mol. The van der Waals surface area contributed by atoms with Crippen molar-refractivity contribution in [2.75, 3.05) is 13.1 Å². The van der Waals surface area contributed by atoms with E-state index < -0.39 is 6.23 Å². The number of unbranched alkanes of at least 4 members (excludes halogenated alkanes) is 10. The van der Waals surface area contributed by atoms with Gasteiger partial charge in [-0.2, -0.15) is 0 Å². The number of aromatic nitrogens is 1. The Labute approximate surface area is 194 Å². The Bertz CT molecular complexity index is 681. The van der Waals surface area contributed by atoms with E-state index in [0.29, 0.717) is 5.56 Å². The van der Waals surface area contributed by atoms with Crippen LogP contribution in [0.1, 0.15) is 108 Å². The molecule has 0 bridgehead atoms. The second kappa shape index (κ2) is 17.2. The van der Waals surface area contributed by atoms with Crippen molar-refractivity contribution >= 4 is 11.7 Å². The summed E-state index contributed by atoms with van der Waals surface area (Å²) in [6.07, 6.45) is 14.6. The van der Waals surface area contributed by atoms with Gasteiger partial charge >= 0.3 is 6.23 Å². The van der Waals surface area contributed by atoms with Crippen LogP contribution in [-0.4, -0.2) is 40.9 Å². The molecule has 0 saturated heterocycles. The first-order valence-corrected chi connectivity index (χ1v) is 12.3. The topological polar surface area (TPSA) is 63.9 Å². The Kier molecular flexibility index (Phi) is 14.8. The van der Waals surface area contributed by atoms with Crippen LogP contribution in [-0.2, 0) is 4.79 Å². The molecule has 0 aliphatic carbocycles. The number of carbonyl (C=O) groups excluding carboxylic acids is 2. The van der Waals surface area contributed by atoms with Gasteiger partial charge in [0.05, 0.1) is 5.56 Å². The molecule has 1 atom stereocenters. The summed E-state index contributed by atoms with van der Waals surface area (Å²) in [6.45, 7) is 14.3. The van der Waals surface area contributed by atoms with Crippen molar-refractivity contribution < 1.29 is 14.3 Å². The molecule has 1 rings (SSSR count). The summed E-state index contributed by atoms with van der Waals surface area (Å²) in [6, 6.07) is 3.23. The predicted octanol–water partition coefficient (Wildman–Crippen LogP) is 6.46. The minimum atomic E-state index is -1.19. The number of hydrogen-bond donors (Lipinski definition) is 0. The van der Waals surface area contributed by atoms with Gasteiger partial charge in [0, 0.05) is 32.3 Å². The third kappa shape index (κ3) is 11.3. The second-order valence-electron chi connectivity index (χ2n) is 8.42. The number of nitrogens with zero attached hydrogens (tertiary/aromatic N) is 3. The van der Waals surface area contributed by atoms with Gasteiger partial charge in [-0.05, 0) is 18.9 Å². The molecule has 6 nitrogen and oxygen atoms in total. The van der Waals surface area contributed by atoms with Crippen LogP contribution in [0.2, 0.25) is 0 Å². The number of rotatable bonds is 18. The van der Waals surface area contributed by atoms with Crippen molar-refractivity contribution in [1.29, 1.82) is 0 Å². The molecular weight excluding hydrogens is 402 g/mol. The molecule has 1 amide bonds. The van der Waals surface area contributed by atoms with Crippen LogP contribution in [0.5, 0.6) is 5.88 Å². The maximum absolute atomic E-state index is 13.1. The zero-order valence-corrected chi connectivity index (χ0v) is 20.3. The lowest BCUT2D eigenvalue weighted by molar-refractivity contribution is -0.121. The Morgan fingerprint density at radius 2 is 1.47 bits per heavy atom. The van der Waals surface area contributed by atoms with E-state index in [1.54, 1.807) is 12.1 Å². The highest BCUT2D eigenvalue weighted by molar-refractivity contribution is 5.94. The smallest absolute Gasteiger partial charge is 0.400 e. The fourth-order valence-electron chi connectivity index (χ4n) is 3.55. The Hall–Kier alpha value is -2.42. The van der Waals surface area contributed by atoms with Gasteiger partial charge in [0.1, 0.15) is 0 Å². The van der Waals surface area contributed by atoms with Gasteiger partial charge in [-0.25, -0.2) is 11.6 Å². The lowest BCUT2D eigenvalue weighted by Crippen LogP contribution is -2.33. The SMILES string of the molecule is [C-]#[N+]C(Oc1ccc(C(=O)N(CCCCCCCC)CCCCCCCC)cn1)C(C)=O. The molecule has 0 aliphatic rings. The van der Waals surface area contributed by atoms with Gasteiger partial charge < -0.3 is 9.64 Å². The minimum absolute atomic E-state index is 0.0144. The summed E-state index contributed by atoms with van der Waals surface area (Å²) in [5.74, 6) is -0.207. The maximum atomic E-state index is 13.1. The summed E-state index contributed by atoms with van der Waals surface area (Å²) in [5, 5.41) is 0. The molecule has 1 unspecified atom stereocenters. The van der Waals surface area contributed by atoms with Crippen LogP contribution in [0.15, 0.2) is 18.3 Å². The van der Waals surface area contributed by atoms with Crippen molar-refractivity contribution in [3.05, 3.63) is 35.3 Å². The van der Waals surface area contributed by atoms with Crippen LogP contribution in [0, 0.1) is 6.57 Å². The summed E-state index contributed by atoms with van der Waals surface area (Å²) >= 11 is 0. The average molecular weight is 444 g/mol. The number of ketones is 1. The zero-order chi connectivity index (χ0) is 23.6. The molecule has 1 aromatic rings. The monoisotopic (exact) mass is 443 g/mol. The molecule has 0 fully saturated rings. The highest BCUT2D eigenvalue weighted by atomic mass is 16.5. The first-order valence-electron chi connectivity index (χ1n) is 12.3. The van der Waals surface area contributed by atoms with Gasteiger partial charge in [0.2, 0.25) is 5.88 Å². The molecule has 0 spiro atoms. The second-order valence-corrected chi connectivity index (χ2v) is 8.42. The fraction of sp³-hybridized carbons (Fsp3) is 0.692. The van der Waals surface area contributed by atoms with E-state index in [1.807, 2.05) is 4.90 Å². The maximum Gasteiger partial charge on any atom is 0.427 e. The van der Waals surface area contributed by atoms with Crippen LogP contribution in [0.3, 0.4) is 0 Å². The molecule has 1 aromatic heterocycles. The third-order valence-electron chi connectivity index (χ3n) is 5.53. The molecule has 0 aromatic carbocycles. The Morgan fingerprint density at radius 3 is 1.91 bits per heavy atom. The molecular formula is C26H41N3O3. The normalized spacial score (nSPS) is 11.6. The molecule has 6 heteroatoms. The van der Waals surface area contributed by atoms with E-state index in [1.165, 1.54) is 64.5 Å². The number of carbonyl (C=O) groups is 2. The Balaban J connectivity index is 2.66.